The lowest BCUT2D eigenvalue weighted by molar-refractivity contribution is -0.143. The van der Waals surface area contributed by atoms with Gasteiger partial charge in [0.15, 0.2) is 0 Å². The van der Waals surface area contributed by atoms with E-state index in [4.69, 9.17) is 0 Å². The van der Waals surface area contributed by atoms with E-state index >= 15 is 0 Å². The highest BCUT2D eigenvalue weighted by atomic mass is 19.4. The van der Waals surface area contributed by atoms with Gasteiger partial charge < -0.3 is 5.32 Å². The molecule has 1 N–H and O–H groups in total. The van der Waals surface area contributed by atoms with Gasteiger partial charge in [-0.15, -0.1) is 0 Å². The quantitative estimate of drug-likeness (QED) is 0.185. The summed E-state index contributed by atoms with van der Waals surface area (Å²) < 4.78 is 81.9. The first-order valence-electron chi connectivity index (χ1n) is 13.4. The normalized spacial score (nSPS) is 15.6. The predicted octanol–water partition coefficient (Wildman–Crippen LogP) is 9.71. The SMILES string of the molecule is CC/C=C\C=C(/C)C(c1ccc(C(F)(F)F)cc1C(F)(F)F)N(C)C/C=C(\C)NC(CCCC)CC(C)C. The molecule has 2 unspecified atom stereocenters. The number of alkyl halides is 6. The molecule has 0 aromatic heterocycles. The van der Waals surface area contributed by atoms with E-state index in [0.29, 0.717) is 24.1 Å². The van der Waals surface area contributed by atoms with Crippen molar-refractivity contribution in [3.8, 4) is 0 Å². The van der Waals surface area contributed by atoms with Crippen molar-refractivity contribution in [1.82, 2.24) is 10.2 Å². The molecule has 8 heteroatoms. The van der Waals surface area contributed by atoms with Crippen LogP contribution in [0.4, 0.5) is 26.3 Å². The van der Waals surface area contributed by atoms with Gasteiger partial charge in [0.2, 0.25) is 0 Å². The molecule has 0 bridgehead atoms. The first-order valence-corrected chi connectivity index (χ1v) is 13.4. The average molecular weight is 547 g/mol. The number of hydrogen-bond acceptors (Lipinski definition) is 2. The summed E-state index contributed by atoms with van der Waals surface area (Å²) in [7, 11) is 1.69. The minimum Gasteiger partial charge on any atom is -0.386 e. The van der Waals surface area contributed by atoms with Crippen molar-refractivity contribution < 1.29 is 26.3 Å². The molecule has 1 aromatic rings. The number of unbranched alkanes of at least 4 members (excludes halogenated alkanes) is 1. The standard InChI is InChI=1S/C30H44F6N2/c1-8-10-12-13-22(5)28(26-16-15-24(29(31,32)33)20-27(26)30(34,35)36)38(7)18-17-23(6)37-25(14-11-9-2)19-21(3)4/h10,12-13,15-17,20-21,25,28,37H,8-9,11,14,18-19H2,1-7H3/b12-10-,22-13+,23-17+. The van der Waals surface area contributed by atoms with Gasteiger partial charge in [0.25, 0.3) is 0 Å². The maximum absolute atomic E-state index is 14.0. The van der Waals surface area contributed by atoms with Crippen LogP contribution in [0.15, 0.2) is 53.8 Å². The maximum atomic E-state index is 14.0. The van der Waals surface area contributed by atoms with Crippen molar-refractivity contribution in [3.63, 3.8) is 0 Å². The van der Waals surface area contributed by atoms with Crippen LogP contribution in [0.2, 0.25) is 0 Å². The Labute approximate surface area is 224 Å². The number of allylic oxidation sites excluding steroid dienone is 4. The fourth-order valence-electron chi connectivity index (χ4n) is 4.53. The first kappa shape index (κ1) is 33.8. The van der Waals surface area contributed by atoms with Gasteiger partial charge >= 0.3 is 12.4 Å². The Hall–Kier alpha value is -2.22. The van der Waals surface area contributed by atoms with Crippen LogP contribution in [0.1, 0.15) is 96.4 Å². The third kappa shape index (κ3) is 11.3. The van der Waals surface area contributed by atoms with E-state index in [1.807, 2.05) is 26.0 Å². The van der Waals surface area contributed by atoms with E-state index in [2.05, 4.69) is 26.1 Å². The molecule has 216 valence electrons. The van der Waals surface area contributed by atoms with Crippen LogP contribution < -0.4 is 5.32 Å². The number of likely N-dealkylation sites (N-methyl/N-ethyl adjacent to an activating group) is 1. The van der Waals surface area contributed by atoms with Crippen molar-refractivity contribution in [1.29, 1.82) is 0 Å². The van der Waals surface area contributed by atoms with E-state index in [-0.39, 0.29) is 11.6 Å². The minimum atomic E-state index is -4.94. The molecule has 0 aliphatic carbocycles. The Morgan fingerprint density at radius 3 is 2.21 bits per heavy atom. The molecular formula is C30H44F6N2. The average Bonchev–Trinajstić information content (AvgIpc) is 2.80. The summed E-state index contributed by atoms with van der Waals surface area (Å²) in [6.07, 6.45) is 2.47. The van der Waals surface area contributed by atoms with E-state index in [0.717, 1.165) is 49.9 Å². The molecule has 0 radical (unpaired) electrons. The third-order valence-electron chi connectivity index (χ3n) is 6.36. The molecule has 0 aliphatic heterocycles. The fourth-order valence-corrected chi connectivity index (χ4v) is 4.53. The topological polar surface area (TPSA) is 15.3 Å². The van der Waals surface area contributed by atoms with Gasteiger partial charge in [0.05, 0.1) is 17.2 Å². The fraction of sp³-hybridized carbons (Fsp3) is 0.600. The summed E-state index contributed by atoms with van der Waals surface area (Å²) in [6, 6.07) is 1.35. The molecular weight excluding hydrogens is 502 g/mol. The summed E-state index contributed by atoms with van der Waals surface area (Å²) in [4.78, 5) is 1.73. The van der Waals surface area contributed by atoms with Crippen molar-refractivity contribution in [2.75, 3.05) is 13.6 Å². The summed E-state index contributed by atoms with van der Waals surface area (Å²) in [6.45, 7) is 12.4. The molecule has 0 fully saturated rings. The molecule has 38 heavy (non-hydrogen) atoms. The van der Waals surface area contributed by atoms with Crippen LogP contribution in [0, 0.1) is 5.92 Å². The molecule has 0 amide bonds. The third-order valence-corrected chi connectivity index (χ3v) is 6.36. The Kier molecular flexibility index (Phi) is 13.7. The lowest BCUT2D eigenvalue weighted by Gasteiger charge is -2.31. The van der Waals surface area contributed by atoms with Gasteiger partial charge in [0.1, 0.15) is 0 Å². The Balaban J connectivity index is 3.43. The van der Waals surface area contributed by atoms with Crippen molar-refractivity contribution in [2.45, 2.75) is 98.1 Å². The molecule has 0 aliphatic rings. The second-order valence-electron chi connectivity index (χ2n) is 10.4. The Bertz CT molecular complexity index is 941. The zero-order valence-electron chi connectivity index (χ0n) is 23.7. The van der Waals surface area contributed by atoms with E-state index in [1.54, 1.807) is 31.0 Å². The maximum Gasteiger partial charge on any atom is 0.416 e. The zero-order valence-corrected chi connectivity index (χ0v) is 23.7. The highest BCUT2D eigenvalue weighted by Gasteiger charge is 2.40. The molecule has 0 spiro atoms. The second kappa shape index (κ2) is 15.4. The minimum absolute atomic E-state index is 0.203. The number of rotatable bonds is 14. The number of nitrogens with zero attached hydrogens (tertiary/aromatic N) is 1. The summed E-state index contributed by atoms with van der Waals surface area (Å²) >= 11 is 0. The lowest BCUT2D eigenvalue weighted by Crippen LogP contribution is -2.31. The monoisotopic (exact) mass is 546 g/mol. The van der Waals surface area contributed by atoms with Crippen LogP contribution in [-0.4, -0.2) is 24.5 Å². The summed E-state index contributed by atoms with van der Waals surface area (Å²) in [5.41, 5.74) is -1.26. The molecule has 0 saturated heterocycles. The number of hydrogen-bond donors (Lipinski definition) is 1. The lowest BCUT2D eigenvalue weighted by atomic mass is 9.91. The van der Waals surface area contributed by atoms with Gasteiger partial charge in [-0.05, 0) is 63.8 Å². The molecule has 0 heterocycles. The van der Waals surface area contributed by atoms with Gasteiger partial charge in [0, 0.05) is 18.3 Å². The summed E-state index contributed by atoms with van der Waals surface area (Å²) in [5.74, 6) is 0.522. The highest BCUT2D eigenvalue weighted by Crippen LogP contribution is 2.42. The summed E-state index contributed by atoms with van der Waals surface area (Å²) in [5, 5.41) is 3.55. The predicted molar refractivity (Wildman–Crippen MR) is 145 cm³/mol. The number of halogens is 6. The molecule has 2 nitrogen and oxygen atoms in total. The van der Waals surface area contributed by atoms with E-state index < -0.39 is 29.5 Å². The number of nitrogens with one attached hydrogen (secondary N) is 1. The molecule has 0 saturated carbocycles. The van der Waals surface area contributed by atoms with Crippen LogP contribution >= 0.6 is 0 Å². The Morgan fingerprint density at radius 2 is 1.68 bits per heavy atom. The van der Waals surface area contributed by atoms with Crippen LogP contribution in [0.25, 0.3) is 0 Å². The van der Waals surface area contributed by atoms with Crippen molar-refractivity contribution in [3.05, 3.63) is 70.5 Å². The van der Waals surface area contributed by atoms with Crippen LogP contribution in [0.5, 0.6) is 0 Å². The van der Waals surface area contributed by atoms with Gasteiger partial charge in [-0.1, -0.05) is 76.5 Å². The van der Waals surface area contributed by atoms with Gasteiger partial charge in [-0.2, -0.15) is 26.3 Å². The van der Waals surface area contributed by atoms with Crippen molar-refractivity contribution >= 4 is 0 Å². The smallest absolute Gasteiger partial charge is 0.386 e. The van der Waals surface area contributed by atoms with E-state index in [1.165, 1.54) is 0 Å². The molecule has 2 atom stereocenters. The van der Waals surface area contributed by atoms with Gasteiger partial charge in [-0.25, -0.2) is 0 Å². The van der Waals surface area contributed by atoms with E-state index in [9.17, 15) is 26.3 Å². The molecule has 1 aromatic carbocycles. The van der Waals surface area contributed by atoms with Crippen LogP contribution in [-0.2, 0) is 12.4 Å². The van der Waals surface area contributed by atoms with Crippen molar-refractivity contribution in [2.24, 2.45) is 5.92 Å². The zero-order chi connectivity index (χ0) is 29.1. The van der Waals surface area contributed by atoms with Gasteiger partial charge in [-0.3, -0.25) is 4.90 Å². The highest BCUT2D eigenvalue weighted by molar-refractivity contribution is 5.41. The largest absolute Gasteiger partial charge is 0.416 e. The van der Waals surface area contributed by atoms with Crippen LogP contribution in [0.3, 0.4) is 0 Å². The molecule has 1 rings (SSSR count). The first-order chi connectivity index (χ1) is 17.6. The number of benzene rings is 1. The second-order valence-corrected chi connectivity index (χ2v) is 10.4. The Morgan fingerprint density at radius 1 is 1.03 bits per heavy atom.